The van der Waals surface area contributed by atoms with Crippen molar-refractivity contribution < 1.29 is 19.8 Å². The zero-order valence-corrected chi connectivity index (χ0v) is 8.57. The van der Waals surface area contributed by atoms with E-state index in [1.165, 1.54) is 12.1 Å². The fourth-order valence-electron chi connectivity index (χ4n) is 1.49. The number of carboxylic acid groups (broad SMARTS) is 2. The molecule has 0 spiro atoms. The molecule has 15 heavy (non-hydrogen) atoms. The molecular weight excluding hydrogens is 196 g/mol. The zero-order chi connectivity index (χ0) is 11.6. The normalized spacial score (nSPS) is 10.0. The van der Waals surface area contributed by atoms with E-state index in [2.05, 4.69) is 0 Å². The topological polar surface area (TPSA) is 74.6 Å². The van der Waals surface area contributed by atoms with E-state index in [4.69, 9.17) is 10.2 Å². The predicted octanol–water partition coefficient (Wildman–Crippen LogP) is 1.95. The zero-order valence-electron chi connectivity index (χ0n) is 8.57. The van der Waals surface area contributed by atoms with E-state index in [-0.39, 0.29) is 11.1 Å². The van der Waals surface area contributed by atoms with Gasteiger partial charge >= 0.3 is 11.9 Å². The molecule has 0 amide bonds. The van der Waals surface area contributed by atoms with Gasteiger partial charge in [-0.05, 0) is 36.6 Å². The maximum Gasteiger partial charge on any atom is 0.336 e. The van der Waals surface area contributed by atoms with E-state index < -0.39 is 11.9 Å². The number of aromatic carboxylic acids is 2. The van der Waals surface area contributed by atoms with Crippen LogP contribution in [0.25, 0.3) is 0 Å². The van der Waals surface area contributed by atoms with Crippen molar-refractivity contribution in [3.8, 4) is 0 Å². The number of carbonyl (C=O) groups is 2. The molecule has 0 saturated carbocycles. The highest BCUT2D eigenvalue weighted by molar-refractivity contribution is 6.02. The Kier molecular flexibility index (Phi) is 3.09. The van der Waals surface area contributed by atoms with Gasteiger partial charge in [0, 0.05) is 0 Å². The van der Waals surface area contributed by atoms with Crippen LogP contribution in [-0.4, -0.2) is 22.2 Å². The Hall–Kier alpha value is -1.84. The lowest BCUT2D eigenvalue weighted by Gasteiger charge is -2.07. The van der Waals surface area contributed by atoms with Gasteiger partial charge in [-0.2, -0.15) is 0 Å². The van der Waals surface area contributed by atoms with Crippen LogP contribution in [0.15, 0.2) is 12.1 Å². The van der Waals surface area contributed by atoms with E-state index in [9.17, 15) is 9.59 Å². The van der Waals surface area contributed by atoms with Gasteiger partial charge < -0.3 is 10.2 Å². The van der Waals surface area contributed by atoms with Gasteiger partial charge in [0.1, 0.15) is 0 Å². The number of aryl methyl sites for hydroxylation is 2. The van der Waals surface area contributed by atoms with Crippen LogP contribution in [-0.2, 0) is 6.42 Å². The molecule has 80 valence electrons. The summed E-state index contributed by atoms with van der Waals surface area (Å²) in [6.07, 6.45) is 0.687. The van der Waals surface area contributed by atoms with Gasteiger partial charge in [0.05, 0.1) is 11.1 Å². The maximum atomic E-state index is 10.8. The Balaban J connectivity index is 3.45. The number of benzene rings is 1. The van der Waals surface area contributed by atoms with Crippen molar-refractivity contribution in [1.82, 2.24) is 0 Å². The van der Waals surface area contributed by atoms with Gasteiger partial charge in [-0.3, -0.25) is 0 Å². The van der Waals surface area contributed by atoms with Crippen LogP contribution in [0.3, 0.4) is 0 Å². The second kappa shape index (κ2) is 4.13. The van der Waals surface area contributed by atoms with E-state index in [1.807, 2.05) is 6.92 Å². The first-order valence-electron chi connectivity index (χ1n) is 4.57. The number of hydrogen-bond acceptors (Lipinski definition) is 2. The average molecular weight is 208 g/mol. The number of carboxylic acids is 2. The first-order valence-corrected chi connectivity index (χ1v) is 4.57. The Morgan fingerprint density at radius 3 is 2.00 bits per heavy atom. The summed E-state index contributed by atoms with van der Waals surface area (Å²) in [6, 6.07) is 2.84. The smallest absolute Gasteiger partial charge is 0.336 e. The Morgan fingerprint density at radius 1 is 1.13 bits per heavy atom. The molecule has 2 N–H and O–H groups in total. The molecule has 0 aliphatic rings. The molecule has 0 saturated heterocycles. The van der Waals surface area contributed by atoms with Gasteiger partial charge in [-0.1, -0.05) is 6.92 Å². The monoisotopic (exact) mass is 208 g/mol. The number of hydrogen-bond donors (Lipinski definition) is 2. The molecule has 0 aliphatic heterocycles. The molecule has 0 aromatic heterocycles. The molecular formula is C11H12O4. The van der Waals surface area contributed by atoms with Crippen LogP contribution in [0.5, 0.6) is 0 Å². The predicted molar refractivity (Wildman–Crippen MR) is 54.5 cm³/mol. The van der Waals surface area contributed by atoms with E-state index in [1.54, 1.807) is 6.92 Å². The molecule has 1 aromatic carbocycles. The van der Waals surface area contributed by atoms with E-state index in [0.717, 1.165) is 11.1 Å². The van der Waals surface area contributed by atoms with Crippen LogP contribution in [0.2, 0.25) is 0 Å². The molecule has 0 unspecified atom stereocenters. The fraction of sp³-hybridized carbons (Fsp3) is 0.273. The lowest BCUT2D eigenvalue weighted by molar-refractivity contribution is 0.0651. The second-order valence-corrected chi connectivity index (χ2v) is 3.29. The third-order valence-electron chi connectivity index (χ3n) is 2.32. The molecule has 0 aliphatic carbocycles. The second-order valence-electron chi connectivity index (χ2n) is 3.29. The van der Waals surface area contributed by atoms with Crippen LogP contribution >= 0.6 is 0 Å². The average Bonchev–Trinajstić information content (AvgIpc) is 2.16. The molecule has 4 heteroatoms. The summed E-state index contributed by atoms with van der Waals surface area (Å²) in [5.41, 5.74) is 1.36. The minimum absolute atomic E-state index is 0.148. The highest BCUT2D eigenvalue weighted by Gasteiger charge is 2.17. The van der Waals surface area contributed by atoms with Crippen molar-refractivity contribution in [3.05, 3.63) is 34.4 Å². The molecule has 0 fully saturated rings. The van der Waals surface area contributed by atoms with E-state index >= 15 is 0 Å². The largest absolute Gasteiger partial charge is 0.478 e. The summed E-state index contributed by atoms with van der Waals surface area (Å²) >= 11 is 0. The van der Waals surface area contributed by atoms with Gasteiger partial charge in [0.15, 0.2) is 0 Å². The quantitative estimate of drug-likeness (QED) is 0.796. The Bertz CT molecular complexity index is 421. The summed E-state index contributed by atoms with van der Waals surface area (Å²) in [5.74, 6) is -2.42. The Labute approximate surface area is 87.2 Å². The van der Waals surface area contributed by atoms with Gasteiger partial charge in [0.25, 0.3) is 0 Å². The lowest BCUT2D eigenvalue weighted by atomic mass is 9.98. The minimum atomic E-state index is -1.21. The number of rotatable bonds is 3. The van der Waals surface area contributed by atoms with Gasteiger partial charge in [-0.15, -0.1) is 0 Å². The first kappa shape index (κ1) is 11.2. The molecule has 4 nitrogen and oxygen atoms in total. The molecule has 0 bridgehead atoms. The van der Waals surface area contributed by atoms with Crippen molar-refractivity contribution >= 4 is 11.9 Å². The standard InChI is InChI=1S/C11H12O4/c1-3-7-5-9(11(14)15)8(10(12)13)4-6(7)2/h4-5H,3H2,1-2H3,(H,12,13)(H,14,15). The SMILES string of the molecule is CCc1cc(C(=O)O)c(C(=O)O)cc1C. The van der Waals surface area contributed by atoms with Crippen molar-refractivity contribution in [1.29, 1.82) is 0 Å². The highest BCUT2D eigenvalue weighted by atomic mass is 16.4. The van der Waals surface area contributed by atoms with Crippen molar-refractivity contribution in [2.24, 2.45) is 0 Å². The molecule has 1 rings (SSSR count). The van der Waals surface area contributed by atoms with E-state index in [0.29, 0.717) is 6.42 Å². The van der Waals surface area contributed by atoms with Gasteiger partial charge in [-0.25, -0.2) is 9.59 Å². The Morgan fingerprint density at radius 2 is 1.60 bits per heavy atom. The molecule has 0 radical (unpaired) electrons. The fourth-order valence-corrected chi connectivity index (χ4v) is 1.49. The van der Waals surface area contributed by atoms with Crippen molar-refractivity contribution in [2.45, 2.75) is 20.3 Å². The summed E-state index contributed by atoms with van der Waals surface area (Å²) < 4.78 is 0. The van der Waals surface area contributed by atoms with Crippen LogP contribution in [0, 0.1) is 6.92 Å². The van der Waals surface area contributed by atoms with Crippen LogP contribution in [0.1, 0.15) is 38.8 Å². The molecule has 1 aromatic rings. The third-order valence-corrected chi connectivity index (χ3v) is 2.32. The summed E-state index contributed by atoms with van der Waals surface area (Å²) in [4.78, 5) is 21.7. The maximum absolute atomic E-state index is 10.8. The molecule has 0 heterocycles. The van der Waals surface area contributed by atoms with Crippen molar-refractivity contribution in [3.63, 3.8) is 0 Å². The molecule has 0 atom stereocenters. The summed E-state index contributed by atoms with van der Waals surface area (Å²) in [7, 11) is 0. The lowest BCUT2D eigenvalue weighted by Crippen LogP contribution is -2.09. The first-order chi connectivity index (χ1) is 6.97. The highest BCUT2D eigenvalue weighted by Crippen LogP contribution is 2.17. The third kappa shape index (κ3) is 2.15. The van der Waals surface area contributed by atoms with Gasteiger partial charge in [0.2, 0.25) is 0 Å². The van der Waals surface area contributed by atoms with Crippen LogP contribution < -0.4 is 0 Å². The summed E-state index contributed by atoms with van der Waals surface area (Å²) in [6.45, 7) is 3.67. The van der Waals surface area contributed by atoms with Crippen LogP contribution in [0.4, 0.5) is 0 Å². The minimum Gasteiger partial charge on any atom is -0.478 e. The van der Waals surface area contributed by atoms with Crippen molar-refractivity contribution in [2.75, 3.05) is 0 Å². The summed E-state index contributed by atoms with van der Waals surface area (Å²) in [5, 5.41) is 17.7.